The summed E-state index contributed by atoms with van der Waals surface area (Å²) in [5.41, 5.74) is 1.89. The van der Waals surface area contributed by atoms with Gasteiger partial charge < -0.3 is 5.32 Å². The van der Waals surface area contributed by atoms with E-state index in [4.69, 9.17) is 0 Å². The minimum atomic E-state index is 0.485. The van der Waals surface area contributed by atoms with Crippen LogP contribution in [0.25, 0.3) is 0 Å². The Morgan fingerprint density at radius 3 is 2.53 bits per heavy atom. The first-order valence-electron chi connectivity index (χ1n) is 6.87. The van der Waals surface area contributed by atoms with E-state index in [2.05, 4.69) is 36.3 Å². The Kier molecular flexibility index (Phi) is 4.16. The van der Waals surface area contributed by atoms with Crippen molar-refractivity contribution in [1.29, 1.82) is 0 Å². The molecule has 1 aliphatic carbocycles. The highest BCUT2D eigenvalue weighted by Gasteiger charge is 2.36. The van der Waals surface area contributed by atoms with Crippen LogP contribution in [0.4, 0.5) is 0 Å². The summed E-state index contributed by atoms with van der Waals surface area (Å²) in [5.74, 6) is 0. The van der Waals surface area contributed by atoms with E-state index in [9.17, 15) is 0 Å². The quantitative estimate of drug-likeness (QED) is 0.843. The SMILES string of the molecule is CCNC(Cc1ccncc1)C1(C)CCCC1. The van der Waals surface area contributed by atoms with E-state index in [0.29, 0.717) is 11.5 Å². The Morgan fingerprint density at radius 2 is 1.94 bits per heavy atom. The zero-order valence-corrected chi connectivity index (χ0v) is 11.1. The van der Waals surface area contributed by atoms with Gasteiger partial charge >= 0.3 is 0 Å². The van der Waals surface area contributed by atoms with Gasteiger partial charge in [0.15, 0.2) is 0 Å². The van der Waals surface area contributed by atoms with Gasteiger partial charge in [-0.25, -0.2) is 0 Å². The Labute approximate surface area is 105 Å². The van der Waals surface area contributed by atoms with Gasteiger partial charge in [-0.15, -0.1) is 0 Å². The molecule has 1 atom stereocenters. The molecule has 1 heterocycles. The lowest BCUT2D eigenvalue weighted by molar-refractivity contribution is 0.222. The second kappa shape index (κ2) is 5.63. The van der Waals surface area contributed by atoms with Crippen molar-refractivity contribution in [3.8, 4) is 0 Å². The molecule has 1 unspecified atom stereocenters. The van der Waals surface area contributed by atoms with E-state index >= 15 is 0 Å². The zero-order valence-electron chi connectivity index (χ0n) is 11.1. The molecule has 1 saturated carbocycles. The predicted molar refractivity (Wildman–Crippen MR) is 72.0 cm³/mol. The van der Waals surface area contributed by atoms with Crippen LogP contribution in [0.2, 0.25) is 0 Å². The zero-order chi connectivity index (χ0) is 12.1. The fourth-order valence-corrected chi connectivity index (χ4v) is 3.10. The lowest BCUT2D eigenvalue weighted by Gasteiger charge is -2.35. The molecule has 1 aliphatic rings. The third-order valence-electron chi connectivity index (χ3n) is 4.23. The van der Waals surface area contributed by atoms with Gasteiger partial charge in [0.25, 0.3) is 0 Å². The molecule has 94 valence electrons. The average molecular weight is 232 g/mol. The maximum Gasteiger partial charge on any atom is 0.0270 e. The third kappa shape index (κ3) is 3.06. The first-order chi connectivity index (χ1) is 8.24. The molecular formula is C15H24N2. The van der Waals surface area contributed by atoms with E-state index < -0.39 is 0 Å². The van der Waals surface area contributed by atoms with E-state index in [1.165, 1.54) is 31.2 Å². The minimum Gasteiger partial charge on any atom is -0.313 e. The van der Waals surface area contributed by atoms with Crippen molar-refractivity contribution in [1.82, 2.24) is 10.3 Å². The first kappa shape index (κ1) is 12.6. The van der Waals surface area contributed by atoms with Gasteiger partial charge in [0.05, 0.1) is 0 Å². The number of rotatable bonds is 5. The molecule has 0 saturated heterocycles. The summed E-state index contributed by atoms with van der Waals surface area (Å²) in [4.78, 5) is 4.09. The van der Waals surface area contributed by atoms with Crippen LogP contribution in [0.1, 0.15) is 45.1 Å². The highest BCUT2D eigenvalue weighted by Crippen LogP contribution is 2.41. The first-order valence-corrected chi connectivity index (χ1v) is 6.87. The summed E-state index contributed by atoms with van der Waals surface area (Å²) >= 11 is 0. The van der Waals surface area contributed by atoms with Crippen molar-refractivity contribution in [3.63, 3.8) is 0 Å². The lowest BCUT2D eigenvalue weighted by atomic mass is 9.78. The molecule has 1 N–H and O–H groups in total. The van der Waals surface area contributed by atoms with Crippen LogP contribution in [0.5, 0.6) is 0 Å². The van der Waals surface area contributed by atoms with E-state index in [-0.39, 0.29) is 0 Å². The second-order valence-electron chi connectivity index (χ2n) is 5.53. The molecule has 1 aromatic rings. The molecule has 0 radical (unpaired) electrons. The van der Waals surface area contributed by atoms with Crippen LogP contribution in [0, 0.1) is 5.41 Å². The molecule has 1 fully saturated rings. The summed E-state index contributed by atoms with van der Waals surface area (Å²) in [6.07, 6.45) is 10.5. The van der Waals surface area contributed by atoms with Gasteiger partial charge in [-0.05, 0) is 48.9 Å². The molecular weight excluding hydrogens is 208 g/mol. The van der Waals surface area contributed by atoms with Crippen LogP contribution >= 0.6 is 0 Å². The van der Waals surface area contributed by atoms with Crippen molar-refractivity contribution in [2.45, 2.75) is 52.0 Å². The van der Waals surface area contributed by atoms with Gasteiger partial charge in [0.1, 0.15) is 0 Å². The van der Waals surface area contributed by atoms with Crippen molar-refractivity contribution < 1.29 is 0 Å². The summed E-state index contributed by atoms with van der Waals surface area (Å²) in [6.45, 7) is 5.72. The number of nitrogens with zero attached hydrogens (tertiary/aromatic N) is 1. The van der Waals surface area contributed by atoms with Crippen LogP contribution in [-0.2, 0) is 6.42 Å². The Balaban J connectivity index is 2.07. The molecule has 2 rings (SSSR count). The molecule has 2 heteroatoms. The van der Waals surface area contributed by atoms with E-state index in [1.54, 1.807) is 0 Å². The van der Waals surface area contributed by atoms with Gasteiger partial charge in [-0.1, -0.05) is 26.7 Å². The Morgan fingerprint density at radius 1 is 1.29 bits per heavy atom. The maximum absolute atomic E-state index is 4.09. The normalized spacial score (nSPS) is 20.4. The fourth-order valence-electron chi connectivity index (χ4n) is 3.10. The molecule has 0 amide bonds. The molecule has 17 heavy (non-hydrogen) atoms. The largest absolute Gasteiger partial charge is 0.313 e. The fraction of sp³-hybridized carbons (Fsp3) is 0.667. The van der Waals surface area contributed by atoms with Crippen LogP contribution in [0.15, 0.2) is 24.5 Å². The van der Waals surface area contributed by atoms with E-state index in [0.717, 1.165) is 13.0 Å². The summed E-state index contributed by atoms with van der Waals surface area (Å²) < 4.78 is 0. The van der Waals surface area contributed by atoms with Gasteiger partial charge in [0.2, 0.25) is 0 Å². The number of nitrogens with one attached hydrogen (secondary N) is 1. The van der Waals surface area contributed by atoms with Crippen LogP contribution < -0.4 is 5.32 Å². The van der Waals surface area contributed by atoms with Crippen molar-refractivity contribution >= 4 is 0 Å². The third-order valence-corrected chi connectivity index (χ3v) is 4.23. The molecule has 0 bridgehead atoms. The number of likely N-dealkylation sites (N-methyl/N-ethyl adjacent to an activating group) is 1. The smallest absolute Gasteiger partial charge is 0.0270 e. The van der Waals surface area contributed by atoms with E-state index in [1.807, 2.05) is 12.4 Å². The maximum atomic E-state index is 4.09. The summed E-state index contributed by atoms with van der Waals surface area (Å²) in [5, 5.41) is 3.69. The number of pyridine rings is 1. The standard InChI is InChI=1S/C15H24N2/c1-3-17-14(15(2)8-4-5-9-15)12-13-6-10-16-11-7-13/h6-7,10-11,14,17H,3-5,8-9,12H2,1-2H3. The number of hydrogen-bond acceptors (Lipinski definition) is 2. The minimum absolute atomic E-state index is 0.485. The lowest BCUT2D eigenvalue weighted by Crippen LogP contribution is -2.43. The molecule has 2 nitrogen and oxygen atoms in total. The average Bonchev–Trinajstić information content (AvgIpc) is 2.78. The number of hydrogen-bond donors (Lipinski definition) is 1. The van der Waals surface area contributed by atoms with Gasteiger partial charge in [0, 0.05) is 18.4 Å². The summed E-state index contributed by atoms with van der Waals surface area (Å²) in [6, 6.07) is 4.89. The van der Waals surface area contributed by atoms with Crippen molar-refractivity contribution in [2.24, 2.45) is 5.41 Å². The highest BCUT2D eigenvalue weighted by atomic mass is 14.9. The highest BCUT2D eigenvalue weighted by molar-refractivity contribution is 5.13. The Bertz CT molecular complexity index is 328. The van der Waals surface area contributed by atoms with Crippen LogP contribution in [0.3, 0.4) is 0 Å². The monoisotopic (exact) mass is 232 g/mol. The topological polar surface area (TPSA) is 24.9 Å². The molecule has 0 spiro atoms. The second-order valence-corrected chi connectivity index (χ2v) is 5.53. The molecule has 0 aromatic carbocycles. The Hall–Kier alpha value is -0.890. The number of aromatic nitrogens is 1. The molecule has 0 aliphatic heterocycles. The van der Waals surface area contributed by atoms with Crippen molar-refractivity contribution in [3.05, 3.63) is 30.1 Å². The molecule has 1 aromatic heterocycles. The van der Waals surface area contributed by atoms with Gasteiger partial charge in [-0.3, -0.25) is 4.98 Å². The predicted octanol–water partition coefficient (Wildman–Crippen LogP) is 3.18. The van der Waals surface area contributed by atoms with Crippen molar-refractivity contribution in [2.75, 3.05) is 6.54 Å². The summed E-state index contributed by atoms with van der Waals surface area (Å²) in [7, 11) is 0. The van der Waals surface area contributed by atoms with Crippen LogP contribution in [-0.4, -0.2) is 17.6 Å². The van der Waals surface area contributed by atoms with Gasteiger partial charge in [-0.2, -0.15) is 0 Å².